The molecular formula is C15H24N2O. The Morgan fingerprint density at radius 1 is 1.33 bits per heavy atom. The van der Waals surface area contributed by atoms with Gasteiger partial charge in [0.2, 0.25) is 0 Å². The van der Waals surface area contributed by atoms with E-state index in [1.54, 1.807) is 7.11 Å². The average molecular weight is 248 g/mol. The van der Waals surface area contributed by atoms with E-state index in [0.717, 1.165) is 32.7 Å². The van der Waals surface area contributed by atoms with Crippen LogP contribution in [0.2, 0.25) is 0 Å². The molecule has 1 saturated heterocycles. The van der Waals surface area contributed by atoms with Gasteiger partial charge in [-0.1, -0.05) is 12.1 Å². The van der Waals surface area contributed by atoms with Crippen molar-refractivity contribution >= 4 is 5.69 Å². The Hall–Kier alpha value is -1.06. The number of hydrogen-bond acceptors (Lipinski definition) is 3. The fourth-order valence-corrected chi connectivity index (χ4v) is 2.71. The van der Waals surface area contributed by atoms with Crippen molar-refractivity contribution in [1.29, 1.82) is 0 Å². The summed E-state index contributed by atoms with van der Waals surface area (Å²) >= 11 is 0. The highest BCUT2D eigenvalue weighted by Crippen LogP contribution is 2.23. The van der Waals surface area contributed by atoms with Crippen LogP contribution in [-0.4, -0.2) is 33.4 Å². The molecule has 100 valence electrons. The minimum Gasteiger partial charge on any atom is -0.384 e. The molecule has 1 heterocycles. The van der Waals surface area contributed by atoms with Gasteiger partial charge in [-0.2, -0.15) is 0 Å². The zero-order valence-corrected chi connectivity index (χ0v) is 11.3. The Kier molecular flexibility index (Phi) is 5.02. The summed E-state index contributed by atoms with van der Waals surface area (Å²) in [5, 5.41) is 0. The maximum absolute atomic E-state index is 5.57. The lowest BCUT2D eigenvalue weighted by atomic mass is 9.98. The van der Waals surface area contributed by atoms with Gasteiger partial charge in [-0.15, -0.1) is 0 Å². The van der Waals surface area contributed by atoms with Crippen LogP contribution in [0, 0.1) is 5.92 Å². The van der Waals surface area contributed by atoms with Crippen LogP contribution in [0.1, 0.15) is 18.4 Å². The van der Waals surface area contributed by atoms with Crippen molar-refractivity contribution in [3.05, 3.63) is 29.8 Å². The normalized spacial score (nSPS) is 20.1. The minimum absolute atomic E-state index is 0.674. The van der Waals surface area contributed by atoms with E-state index in [-0.39, 0.29) is 0 Å². The third-order valence-corrected chi connectivity index (χ3v) is 3.66. The number of hydrogen-bond donors (Lipinski definition) is 1. The second kappa shape index (κ2) is 6.76. The number of rotatable bonds is 5. The first-order valence-corrected chi connectivity index (χ1v) is 6.86. The molecule has 2 N–H and O–H groups in total. The predicted molar refractivity (Wildman–Crippen MR) is 76.0 cm³/mol. The molecule has 1 aromatic rings. The molecule has 0 saturated carbocycles. The summed E-state index contributed by atoms with van der Waals surface area (Å²) < 4.78 is 5.28. The Morgan fingerprint density at radius 3 is 2.78 bits per heavy atom. The van der Waals surface area contributed by atoms with Crippen LogP contribution in [0.25, 0.3) is 0 Å². The van der Waals surface area contributed by atoms with Crippen LogP contribution in [0.5, 0.6) is 0 Å². The van der Waals surface area contributed by atoms with Crippen molar-refractivity contribution in [1.82, 2.24) is 0 Å². The molecule has 1 fully saturated rings. The monoisotopic (exact) mass is 248 g/mol. The number of anilines is 1. The molecule has 0 bridgehead atoms. The molecule has 18 heavy (non-hydrogen) atoms. The summed E-state index contributed by atoms with van der Waals surface area (Å²) in [5.74, 6) is 0.674. The van der Waals surface area contributed by atoms with E-state index in [4.69, 9.17) is 10.5 Å². The molecule has 3 heteroatoms. The van der Waals surface area contributed by atoms with Crippen molar-refractivity contribution in [2.75, 3.05) is 38.3 Å². The van der Waals surface area contributed by atoms with E-state index < -0.39 is 0 Å². The number of piperidine rings is 1. The zero-order valence-electron chi connectivity index (χ0n) is 11.3. The molecule has 2 rings (SSSR count). The lowest BCUT2D eigenvalue weighted by molar-refractivity contribution is 0.143. The van der Waals surface area contributed by atoms with Crippen molar-refractivity contribution in [2.45, 2.75) is 19.3 Å². The number of nitrogens with zero attached hydrogens (tertiary/aromatic N) is 1. The van der Waals surface area contributed by atoms with Gasteiger partial charge in [0, 0.05) is 25.9 Å². The summed E-state index contributed by atoms with van der Waals surface area (Å²) in [6, 6.07) is 8.84. The van der Waals surface area contributed by atoms with E-state index in [1.807, 2.05) is 0 Å². The molecule has 1 unspecified atom stereocenters. The van der Waals surface area contributed by atoms with Crippen molar-refractivity contribution < 1.29 is 4.74 Å². The van der Waals surface area contributed by atoms with Crippen LogP contribution in [-0.2, 0) is 11.2 Å². The molecule has 1 aliphatic heterocycles. The molecule has 0 radical (unpaired) electrons. The minimum atomic E-state index is 0.674. The lowest BCUT2D eigenvalue weighted by Crippen LogP contribution is -2.37. The SMILES string of the molecule is COCC1CCCN(c2ccc(CCN)cc2)C1. The quantitative estimate of drug-likeness (QED) is 0.866. The maximum atomic E-state index is 5.57. The van der Waals surface area contributed by atoms with E-state index >= 15 is 0 Å². The van der Waals surface area contributed by atoms with Crippen LogP contribution in [0.15, 0.2) is 24.3 Å². The largest absolute Gasteiger partial charge is 0.384 e. The van der Waals surface area contributed by atoms with Gasteiger partial charge in [-0.25, -0.2) is 0 Å². The van der Waals surface area contributed by atoms with Crippen LogP contribution < -0.4 is 10.6 Å². The van der Waals surface area contributed by atoms with Gasteiger partial charge in [-0.05, 0) is 49.4 Å². The van der Waals surface area contributed by atoms with Gasteiger partial charge in [0.15, 0.2) is 0 Å². The van der Waals surface area contributed by atoms with E-state index in [9.17, 15) is 0 Å². The van der Waals surface area contributed by atoms with Crippen molar-refractivity contribution in [3.63, 3.8) is 0 Å². The molecule has 0 amide bonds. The van der Waals surface area contributed by atoms with Gasteiger partial charge < -0.3 is 15.4 Å². The molecule has 3 nitrogen and oxygen atoms in total. The Bertz CT molecular complexity index is 348. The molecule has 0 aromatic heterocycles. The topological polar surface area (TPSA) is 38.5 Å². The van der Waals surface area contributed by atoms with Gasteiger partial charge in [0.05, 0.1) is 6.61 Å². The van der Waals surface area contributed by atoms with E-state index in [2.05, 4.69) is 29.2 Å². The highest BCUT2D eigenvalue weighted by atomic mass is 16.5. The second-order valence-electron chi connectivity index (χ2n) is 5.11. The van der Waals surface area contributed by atoms with Crippen LogP contribution in [0.3, 0.4) is 0 Å². The first-order chi connectivity index (χ1) is 8.83. The third kappa shape index (κ3) is 3.47. The number of ether oxygens (including phenoxy) is 1. The highest BCUT2D eigenvalue weighted by molar-refractivity contribution is 5.48. The van der Waals surface area contributed by atoms with Crippen molar-refractivity contribution in [3.8, 4) is 0 Å². The Morgan fingerprint density at radius 2 is 2.11 bits per heavy atom. The lowest BCUT2D eigenvalue weighted by Gasteiger charge is -2.34. The summed E-state index contributed by atoms with van der Waals surface area (Å²) in [6.45, 7) is 3.88. The van der Waals surface area contributed by atoms with Gasteiger partial charge in [-0.3, -0.25) is 0 Å². The Balaban J connectivity index is 1.97. The first kappa shape index (κ1) is 13.4. The zero-order chi connectivity index (χ0) is 12.8. The molecular weight excluding hydrogens is 224 g/mol. The fourth-order valence-electron chi connectivity index (χ4n) is 2.71. The van der Waals surface area contributed by atoms with E-state index in [0.29, 0.717) is 5.92 Å². The van der Waals surface area contributed by atoms with Gasteiger partial charge >= 0.3 is 0 Å². The highest BCUT2D eigenvalue weighted by Gasteiger charge is 2.19. The van der Waals surface area contributed by atoms with Gasteiger partial charge in [0.25, 0.3) is 0 Å². The predicted octanol–water partition coefficient (Wildman–Crippen LogP) is 2.05. The smallest absolute Gasteiger partial charge is 0.0507 e. The number of methoxy groups -OCH3 is 1. The standard InChI is InChI=1S/C15H24N2O/c1-18-12-14-3-2-10-17(11-14)15-6-4-13(5-7-15)8-9-16/h4-7,14H,2-3,8-12,16H2,1H3. The van der Waals surface area contributed by atoms with Crippen LogP contribution in [0.4, 0.5) is 5.69 Å². The maximum Gasteiger partial charge on any atom is 0.0507 e. The molecule has 0 aliphatic carbocycles. The summed E-state index contributed by atoms with van der Waals surface area (Å²) in [4.78, 5) is 2.47. The van der Waals surface area contributed by atoms with E-state index in [1.165, 1.54) is 24.1 Å². The molecule has 1 atom stereocenters. The molecule has 0 spiro atoms. The third-order valence-electron chi connectivity index (χ3n) is 3.66. The Labute approximate surface area is 110 Å². The first-order valence-electron chi connectivity index (χ1n) is 6.86. The summed E-state index contributed by atoms with van der Waals surface area (Å²) in [5.41, 5.74) is 8.22. The van der Waals surface area contributed by atoms with Crippen molar-refractivity contribution in [2.24, 2.45) is 11.7 Å². The fraction of sp³-hybridized carbons (Fsp3) is 0.600. The molecule has 1 aromatic carbocycles. The second-order valence-corrected chi connectivity index (χ2v) is 5.11. The molecule has 1 aliphatic rings. The summed E-state index contributed by atoms with van der Waals surface area (Å²) in [7, 11) is 1.79. The number of nitrogens with two attached hydrogens (primary N) is 1. The van der Waals surface area contributed by atoms with Crippen LogP contribution >= 0.6 is 0 Å². The average Bonchev–Trinajstić information content (AvgIpc) is 2.41. The summed E-state index contributed by atoms with van der Waals surface area (Å²) in [6.07, 6.45) is 3.51. The van der Waals surface area contributed by atoms with Gasteiger partial charge in [0.1, 0.15) is 0 Å². The number of benzene rings is 1.